The highest BCUT2D eigenvalue weighted by molar-refractivity contribution is 7.15. The summed E-state index contributed by atoms with van der Waals surface area (Å²) in [5.74, 6) is 0. The molecule has 1 aliphatic rings. The molecule has 24 heavy (non-hydrogen) atoms. The largest absolute Gasteiger partial charge is 0.344 e. The summed E-state index contributed by atoms with van der Waals surface area (Å²) in [7, 11) is 0. The molecule has 3 aromatic rings. The van der Waals surface area contributed by atoms with Gasteiger partial charge in [0.25, 0.3) is 0 Å². The molecule has 6 heteroatoms. The van der Waals surface area contributed by atoms with Crippen LogP contribution in [0.4, 0.5) is 5.13 Å². The average Bonchev–Trinajstić information content (AvgIpc) is 3.02. The molecule has 0 atom stereocenters. The number of pyridine rings is 1. The van der Waals surface area contributed by atoms with Crippen LogP contribution in [0.1, 0.15) is 16.1 Å². The Morgan fingerprint density at radius 2 is 1.88 bits per heavy atom. The van der Waals surface area contributed by atoms with Crippen LogP contribution in [0.15, 0.2) is 30.5 Å². The summed E-state index contributed by atoms with van der Waals surface area (Å²) in [6.07, 6.45) is 2.01. The van der Waals surface area contributed by atoms with E-state index in [4.69, 9.17) is 0 Å². The zero-order valence-corrected chi connectivity index (χ0v) is 14.9. The first-order valence-electron chi connectivity index (χ1n) is 8.30. The zero-order chi connectivity index (χ0) is 16.5. The molecule has 4 rings (SSSR count). The minimum absolute atomic E-state index is 0.958. The Labute approximate surface area is 146 Å². The maximum Gasteiger partial charge on any atom is 0.208 e. The number of benzene rings is 1. The van der Waals surface area contributed by atoms with Crippen molar-refractivity contribution in [3.05, 3.63) is 46.6 Å². The molecular formula is C18H21N5S. The highest BCUT2D eigenvalue weighted by atomic mass is 32.1. The molecule has 5 nitrogen and oxygen atoms in total. The van der Waals surface area contributed by atoms with Gasteiger partial charge in [-0.15, -0.1) is 10.2 Å². The topological polar surface area (TPSA) is 45.2 Å². The first-order chi connectivity index (χ1) is 11.7. The third-order valence-electron chi connectivity index (χ3n) is 4.46. The molecule has 2 aromatic heterocycles. The van der Waals surface area contributed by atoms with Gasteiger partial charge in [0.15, 0.2) is 0 Å². The van der Waals surface area contributed by atoms with E-state index in [0.717, 1.165) is 48.4 Å². The number of aryl methyl sites for hydroxylation is 2. The minimum Gasteiger partial charge on any atom is -0.344 e. The SMILES string of the molecule is Cc1ccc2ncc(CN3CCN(c4nnc(C)s4)CC3)cc2c1. The summed E-state index contributed by atoms with van der Waals surface area (Å²) in [4.78, 5) is 9.42. The van der Waals surface area contributed by atoms with Crippen molar-refractivity contribution in [2.75, 3.05) is 31.1 Å². The van der Waals surface area contributed by atoms with E-state index < -0.39 is 0 Å². The van der Waals surface area contributed by atoms with E-state index in [1.165, 1.54) is 16.5 Å². The lowest BCUT2D eigenvalue weighted by molar-refractivity contribution is 0.249. The predicted octanol–water partition coefficient (Wildman–Crippen LogP) is 3.03. The second kappa shape index (κ2) is 6.45. The Bertz CT molecular complexity index is 851. The molecule has 0 spiro atoms. The van der Waals surface area contributed by atoms with Gasteiger partial charge < -0.3 is 4.90 Å². The fourth-order valence-electron chi connectivity index (χ4n) is 3.15. The van der Waals surface area contributed by atoms with Crippen molar-refractivity contribution in [2.45, 2.75) is 20.4 Å². The first-order valence-corrected chi connectivity index (χ1v) is 9.12. The quantitative estimate of drug-likeness (QED) is 0.734. The number of piperazine rings is 1. The van der Waals surface area contributed by atoms with Crippen LogP contribution >= 0.6 is 11.3 Å². The number of hydrogen-bond acceptors (Lipinski definition) is 6. The van der Waals surface area contributed by atoms with Crippen molar-refractivity contribution in [3.63, 3.8) is 0 Å². The number of nitrogens with zero attached hydrogens (tertiary/aromatic N) is 5. The summed E-state index contributed by atoms with van der Waals surface area (Å²) in [6.45, 7) is 9.20. The van der Waals surface area contributed by atoms with Gasteiger partial charge in [0.05, 0.1) is 5.52 Å². The van der Waals surface area contributed by atoms with Gasteiger partial charge in [0.2, 0.25) is 5.13 Å². The molecule has 1 saturated heterocycles. The number of hydrogen-bond donors (Lipinski definition) is 0. The van der Waals surface area contributed by atoms with E-state index in [0.29, 0.717) is 0 Å². The number of aromatic nitrogens is 3. The molecular weight excluding hydrogens is 318 g/mol. The van der Waals surface area contributed by atoms with Crippen molar-refractivity contribution >= 4 is 27.4 Å². The molecule has 0 unspecified atom stereocenters. The van der Waals surface area contributed by atoms with Crippen molar-refractivity contribution in [3.8, 4) is 0 Å². The van der Waals surface area contributed by atoms with Gasteiger partial charge in [0.1, 0.15) is 5.01 Å². The fourth-order valence-corrected chi connectivity index (χ4v) is 3.89. The molecule has 0 aliphatic carbocycles. The van der Waals surface area contributed by atoms with Crippen LogP contribution in [0.2, 0.25) is 0 Å². The standard InChI is InChI=1S/C18H21N5S/c1-13-3-4-17-16(9-13)10-15(11-19-17)12-22-5-7-23(8-6-22)18-21-20-14(2)24-18/h3-4,9-11H,5-8,12H2,1-2H3. The van der Waals surface area contributed by atoms with Crippen molar-refractivity contribution in [2.24, 2.45) is 0 Å². The Morgan fingerprint density at radius 1 is 1.04 bits per heavy atom. The highest BCUT2D eigenvalue weighted by Crippen LogP contribution is 2.22. The third-order valence-corrected chi connectivity index (χ3v) is 5.36. The Hall–Kier alpha value is -2.05. The van der Waals surface area contributed by atoms with Crippen LogP contribution in [0.5, 0.6) is 0 Å². The number of anilines is 1. The smallest absolute Gasteiger partial charge is 0.208 e. The van der Waals surface area contributed by atoms with Gasteiger partial charge in [0, 0.05) is 44.3 Å². The lowest BCUT2D eigenvalue weighted by atomic mass is 10.1. The van der Waals surface area contributed by atoms with Gasteiger partial charge in [-0.3, -0.25) is 9.88 Å². The van der Waals surface area contributed by atoms with E-state index in [9.17, 15) is 0 Å². The van der Waals surface area contributed by atoms with Crippen LogP contribution in [-0.2, 0) is 6.54 Å². The molecule has 0 bridgehead atoms. The second-order valence-electron chi connectivity index (χ2n) is 6.41. The van der Waals surface area contributed by atoms with E-state index in [-0.39, 0.29) is 0 Å². The lowest BCUT2D eigenvalue weighted by Crippen LogP contribution is -2.45. The normalized spacial score (nSPS) is 16.0. The third kappa shape index (κ3) is 3.25. The molecule has 0 amide bonds. The Morgan fingerprint density at radius 3 is 2.62 bits per heavy atom. The van der Waals surface area contributed by atoms with Crippen LogP contribution in [0.25, 0.3) is 10.9 Å². The van der Waals surface area contributed by atoms with Gasteiger partial charge in [-0.2, -0.15) is 0 Å². The van der Waals surface area contributed by atoms with Crippen molar-refractivity contribution in [1.29, 1.82) is 0 Å². The lowest BCUT2D eigenvalue weighted by Gasteiger charge is -2.34. The molecule has 0 saturated carbocycles. The second-order valence-corrected chi connectivity index (χ2v) is 7.57. The Balaban J connectivity index is 1.41. The zero-order valence-electron chi connectivity index (χ0n) is 14.1. The number of rotatable bonds is 3. The molecule has 0 N–H and O–H groups in total. The van der Waals surface area contributed by atoms with Crippen LogP contribution in [0.3, 0.4) is 0 Å². The van der Waals surface area contributed by atoms with Crippen LogP contribution in [-0.4, -0.2) is 46.3 Å². The average molecular weight is 339 g/mol. The summed E-state index contributed by atoms with van der Waals surface area (Å²) in [6, 6.07) is 8.69. The maximum absolute atomic E-state index is 4.60. The van der Waals surface area contributed by atoms with Gasteiger partial charge in [-0.05, 0) is 37.6 Å². The molecule has 1 aromatic carbocycles. The molecule has 0 radical (unpaired) electrons. The van der Waals surface area contributed by atoms with Crippen molar-refractivity contribution in [1.82, 2.24) is 20.1 Å². The number of fused-ring (bicyclic) bond motifs is 1. The predicted molar refractivity (Wildman–Crippen MR) is 98.6 cm³/mol. The van der Waals surface area contributed by atoms with E-state index in [2.05, 4.69) is 56.2 Å². The van der Waals surface area contributed by atoms with E-state index in [1.807, 2.05) is 13.1 Å². The van der Waals surface area contributed by atoms with Crippen LogP contribution in [0, 0.1) is 13.8 Å². The van der Waals surface area contributed by atoms with E-state index in [1.54, 1.807) is 11.3 Å². The van der Waals surface area contributed by atoms with Gasteiger partial charge >= 0.3 is 0 Å². The van der Waals surface area contributed by atoms with Gasteiger partial charge in [-0.1, -0.05) is 23.0 Å². The molecule has 3 heterocycles. The highest BCUT2D eigenvalue weighted by Gasteiger charge is 2.19. The summed E-state index contributed by atoms with van der Waals surface area (Å²) < 4.78 is 0. The molecule has 124 valence electrons. The monoisotopic (exact) mass is 339 g/mol. The van der Waals surface area contributed by atoms with E-state index >= 15 is 0 Å². The maximum atomic E-state index is 4.60. The van der Waals surface area contributed by atoms with Crippen LogP contribution < -0.4 is 4.90 Å². The molecule has 1 aliphatic heterocycles. The Kier molecular flexibility index (Phi) is 4.16. The molecule has 1 fully saturated rings. The summed E-state index contributed by atoms with van der Waals surface area (Å²) in [5.41, 5.74) is 3.64. The minimum atomic E-state index is 0.958. The first kappa shape index (κ1) is 15.5. The van der Waals surface area contributed by atoms with Crippen molar-refractivity contribution < 1.29 is 0 Å². The summed E-state index contributed by atoms with van der Waals surface area (Å²) >= 11 is 1.68. The van der Waals surface area contributed by atoms with Gasteiger partial charge in [-0.25, -0.2) is 0 Å². The summed E-state index contributed by atoms with van der Waals surface area (Å²) in [5, 5.41) is 11.7. The fraction of sp³-hybridized carbons (Fsp3) is 0.389.